The lowest BCUT2D eigenvalue weighted by Crippen LogP contribution is -2.56. The molecule has 2 aliphatic heterocycles. The summed E-state index contributed by atoms with van der Waals surface area (Å²) in [5, 5.41) is 0. The number of rotatable bonds is 4. The Bertz CT molecular complexity index is 847. The molecule has 162 valence electrons. The number of nitrogens with zero attached hydrogens (tertiary/aromatic N) is 3. The molecule has 1 aromatic rings. The fourth-order valence-corrected chi connectivity index (χ4v) is 5.91. The zero-order chi connectivity index (χ0) is 21.3. The maximum atomic E-state index is 14.0. The van der Waals surface area contributed by atoms with Crippen molar-refractivity contribution in [2.24, 2.45) is 11.8 Å². The molecule has 0 spiro atoms. The molecule has 0 aromatic heterocycles. The first-order valence-corrected chi connectivity index (χ1v) is 11.5. The molecule has 0 aliphatic carbocycles. The summed E-state index contributed by atoms with van der Waals surface area (Å²) in [4.78, 5) is 16.2. The summed E-state index contributed by atoms with van der Waals surface area (Å²) >= 11 is 0. The molecule has 3 rings (SSSR count). The zero-order valence-electron chi connectivity index (χ0n) is 17.1. The maximum absolute atomic E-state index is 14.0. The fraction of sp³-hybridized carbons (Fsp3) is 0.650. The summed E-state index contributed by atoms with van der Waals surface area (Å²) in [5.41, 5.74) is 0. The molecular formula is C20H29F2N3O3S. The predicted octanol–water partition coefficient (Wildman–Crippen LogP) is 2.16. The highest BCUT2D eigenvalue weighted by molar-refractivity contribution is 7.89. The van der Waals surface area contributed by atoms with Crippen LogP contribution in [0.4, 0.5) is 8.78 Å². The van der Waals surface area contributed by atoms with E-state index in [2.05, 4.69) is 13.8 Å². The predicted molar refractivity (Wildman–Crippen MR) is 106 cm³/mol. The molecule has 3 unspecified atom stereocenters. The van der Waals surface area contributed by atoms with E-state index in [1.54, 1.807) is 0 Å². The summed E-state index contributed by atoms with van der Waals surface area (Å²) in [6.45, 7) is 8.63. The van der Waals surface area contributed by atoms with Crippen LogP contribution in [-0.2, 0) is 14.8 Å². The molecule has 0 N–H and O–H groups in total. The Morgan fingerprint density at radius 1 is 1.07 bits per heavy atom. The molecule has 1 amide bonds. The molecule has 9 heteroatoms. The van der Waals surface area contributed by atoms with Crippen molar-refractivity contribution in [2.75, 3.05) is 39.3 Å². The smallest absolute Gasteiger partial charge is 0.246 e. The first-order valence-electron chi connectivity index (χ1n) is 10.1. The minimum absolute atomic E-state index is 0.0656. The third kappa shape index (κ3) is 4.78. The van der Waals surface area contributed by atoms with Crippen molar-refractivity contribution in [3.8, 4) is 0 Å². The Labute approximate surface area is 171 Å². The summed E-state index contributed by atoms with van der Waals surface area (Å²) in [6.07, 6.45) is 1.12. The first-order chi connectivity index (χ1) is 13.6. The Kier molecular flexibility index (Phi) is 6.60. The minimum Gasteiger partial charge on any atom is -0.341 e. The highest BCUT2D eigenvalue weighted by Gasteiger charge is 2.35. The van der Waals surface area contributed by atoms with Crippen LogP contribution in [0.25, 0.3) is 0 Å². The fourth-order valence-electron chi connectivity index (χ4n) is 4.41. The van der Waals surface area contributed by atoms with Gasteiger partial charge in [-0.25, -0.2) is 17.2 Å². The quantitative estimate of drug-likeness (QED) is 0.736. The monoisotopic (exact) mass is 429 g/mol. The summed E-state index contributed by atoms with van der Waals surface area (Å²) in [5.74, 6) is -0.759. The van der Waals surface area contributed by atoms with Crippen molar-refractivity contribution in [1.29, 1.82) is 0 Å². The van der Waals surface area contributed by atoms with Gasteiger partial charge in [0.25, 0.3) is 0 Å². The van der Waals surface area contributed by atoms with E-state index in [0.29, 0.717) is 31.0 Å². The van der Waals surface area contributed by atoms with Crippen LogP contribution < -0.4 is 0 Å². The molecule has 29 heavy (non-hydrogen) atoms. The molecule has 3 atom stereocenters. The number of carbonyl (C=O) groups is 1. The van der Waals surface area contributed by atoms with Gasteiger partial charge >= 0.3 is 0 Å². The van der Waals surface area contributed by atoms with Gasteiger partial charge in [-0.1, -0.05) is 13.8 Å². The molecule has 1 aromatic carbocycles. The third-order valence-corrected chi connectivity index (χ3v) is 7.78. The number of benzene rings is 1. The van der Waals surface area contributed by atoms with Gasteiger partial charge in [-0.15, -0.1) is 0 Å². The number of hydrogen-bond donors (Lipinski definition) is 0. The van der Waals surface area contributed by atoms with Crippen molar-refractivity contribution in [3.63, 3.8) is 0 Å². The molecule has 2 heterocycles. The van der Waals surface area contributed by atoms with Crippen molar-refractivity contribution in [2.45, 2.75) is 38.1 Å². The van der Waals surface area contributed by atoms with Crippen molar-refractivity contribution in [1.82, 2.24) is 14.1 Å². The number of sulfonamides is 1. The second kappa shape index (κ2) is 8.65. The lowest BCUT2D eigenvalue weighted by molar-refractivity contribution is -0.139. The summed E-state index contributed by atoms with van der Waals surface area (Å²) in [6, 6.07) is 2.08. The molecule has 2 aliphatic rings. The van der Waals surface area contributed by atoms with E-state index < -0.39 is 26.6 Å². The molecule has 0 saturated carbocycles. The van der Waals surface area contributed by atoms with Crippen molar-refractivity contribution < 1.29 is 22.0 Å². The van der Waals surface area contributed by atoms with Crippen LogP contribution in [0.15, 0.2) is 23.1 Å². The largest absolute Gasteiger partial charge is 0.341 e. The van der Waals surface area contributed by atoms with Gasteiger partial charge in [0.05, 0.1) is 6.04 Å². The van der Waals surface area contributed by atoms with Crippen molar-refractivity contribution >= 4 is 15.9 Å². The van der Waals surface area contributed by atoms with Gasteiger partial charge in [0.1, 0.15) is 16.5 Å². The second-order valence-corrected chi connectivity index (χ2v) is 10.3. The van der Waals surface area contributed by atoms with Crippen LogP contribution in [-0.4, -0.2) is 73.7 Å². The lowest BCUT2D eigenvalue weighted by atomic mass is 9.91. The number of likely N-dealkylation sites (tertiary alicyclic amines) is 1. The van der Waals surface area contributed by atoms with E-state index in [1.807, 2.05) is 16.7 Å². The number of hydrogen-bond acceptors (Lipinski definition) is 4. The van der Waals surface area contributed by atoms with Crippen molar-refractivity contribution in [3.05, 3.63) is 29.8 Å². The highest BCUT2D eigenvalue weighted by Crippen LogP contribution is 2.24. The van der Waals surface area contributed by atoms with Gasteiger partial charge in [0, 0.05) is 39.3 Å². The van der Waals surface area contributed by atoms with Gasteiger partial charge in [-0.2, -0.15) is 4.31 Å². The molecule has 0 radical (unpaired) electrons. The van der Waals surface area contributed by atoms with E-state index in [9.17, 15) is 22.0 Å². The van der Waals surface area contributed by atoms with Gasteiger partial charge < -0.3 is 4.90 Å². The minimum atomic E-state index is -4.12. The first kappa shape index (κ1) is 22.1. The van der Waals surface area contributed by atoms with E-state index in [-0.39, 0.29) is 25.0 Å². The highest BCUT2D eigenvalue weighted by atomic mass is 32.2. The maximum Gasteiger partial charge on any atom is 0.246 e. The number of piperazine rings is 1. The van der Waals surface area contributed by atoms with Crippen LogP contribution in [0, 0.1) is 23.5 Å². The van der Waals surface area contributed by atoms with Gasteiger partial charge in [0.2, 0.25) is 15.9 Å². The summed E-state index contributed by atoms with van der Waals surface area (Å²) < 4.78 is 54.0. The Balaban J connectivity index is 1.64. The number of carbonyl (C=O) groups excluding carboxylic acids is 1. The van der Waals surface area contributed by atoms with E-state index >= 15 is 0 Å². The Morgan fingerprint density at radius 2 is 1.66 bits per heavy atom. The average molecular weight is 430 g/mol. The standard InChI is InChI=1S/C20H29F2N3O3S/c1-14-10-15(2)13-24(12-14)20(26)16(3)23-6-8-25(9-7-23)29(27,28)19-11-17(21)4-5-18(19)22/h4-5,11,14-16H,6-10,12-13H2,1-3H3. The Hall–Kier alpha value is -1.58. The van der Waals surface area contributed by atoms with E-state index in [4.69, 9.17) is 0 Å². The van der Waals surface area contributed by atoms with Crippen LogP contribution in [0.2, 0.25) is 0 Å². The third-order valence-electron chi connectivity index (χ3n) is 5.87. The molecular weight excluding hydrogens is 400 g/mol. The van der Waals surface area contributed by atoms with Crippen LogP contribution in [0.3, 0.4) is 0 Å². The topological polar surface area (TPSA) is 60.9 Å². The number of halogens is 2. The van der Waals surface area contributed by atoms with Gasteiger partial charge in [-0.05, 0) is 43.4 Å². The van der Waals surface area contributed by atoms with Gasteiger partial charge in [-0.3, -0.25) is 9.69 Å². The normalized spacial score (nSPS) is 25.8. The zero-order valence-corrected chi connectivity index (χ0v) is 18.0. The molecule has 6 nitrogen and oxygen atoms in total. The van der Waals surface area contributed by atoms with Crippen LogP contribution >= 0.6 is 0 Å². The molecule has 0 bridgehead atoms. The average Bonchev–Trinajstić information content (AvgIpc) is 2.68. The Morgan fingerprint density at radius 3 is 2.24 bits per heavy atom. The molecule has 2 fully saturated rings. The van der Waals surface area contributed by atoms with Crippen LogP contribution in [0.1, 0.15) is 27.2 Å². The summed E-state index contributed by atoms with van der Waals surface area (Å²) in [7, 11) is -4.12. The van der Waals surface area contributed by atoms with Gasteiger partial charge in [0.15, 0.2) is 0 Å². The SMILES string of the molecule is CC1CC(C)CN(C(=O)C(C)N2CCN(S(=O)(=O)c3cc(F)ccc3F)CC2)C1. The van der Waals surface area contributed by atoms with Crippen LogP contribution in [0.5, 0.6) is 0 Å². The lowest BCUT2D eigenvalue weighted by Gasteiger charge is -2.41. The van der Waals surface area contributed by atoms with E-state index in [1.165, 1.54) is 0 Å². The number of piperidine rings is 1. The molecule has 2 saturated heterocycles. The second-order valence-electron chi connectivity index (χ2n) is 8.38. The number of amides is 1. The van der Waals surface area contributed by atoms with E-state index in [0.717, 1.165) is 35.9 Å².